The number of nitrogens with zero attached hydrogens (tertiary/aromatic N) is 1. The maximum absolute atomic E-state index is 11.4. The van der Waals surface area contributed by atoms with Gasteiger partial charge >= 0.3 is 0 Å². The van der Waals surface area contributed by atoms with Crippen LogP contribution in [0.25, 0.3) is 0 Å². The van der Waals surface area contributed by atoms with E-state index in [1.54, 1.807) is 0 Å². The van der Waals surface area contributed by atoms with Crippen LogP contribution in [0.3, 0.4) is 0 Å². The zero-order chi connectivity index (χ0) is 11.4. The number of carbonyl (C=O) groups is 1. The van der Waals surface area contributed by atoms with E-state index >= 15 is 0 Å². The second-order valence-corrected chi connectivity index (χ2v) is 4.99. The van der Waals surface area contributed by atoms with Crippen molar-refractivity contribution >= 4 is 5.91 Å². The van der Waals surface area contributed by atoms with Gasteiger partial charge in [0.1, 0.15) is 0 Å². The van der Waals surface area contributed by atoms with Gasteiger partial charge in [-0.25, -0.2) is 0 Å². The highest BCUT2D eigenvalue weighted by Gasteiger charge is 2.29. The summed E-state index contributed by atoms with van der Waals surface area (Å²) in [6.07, 6.45) is 2.17. The number of carbonyl (C=O) groups excluding carboxylic acids is 1. The number of hydrogen-bond acceptors (Lipinski definition) is 2. The molecule has 1 fully saturated rings. The second-order valence-electron chi connectivity index (χ2n) is 4.99. The fraction of sp³-hybridized carbons (Fsp3) is 0.917. The zero-order valence-corrected chi connectivity index (χ0v) is 10.4. The smallest absolute Gasteiger partial charge is 0.223 e. The molecule has 0 radical (unpaired) electrons. The lowest BCUT2D eigenvalue weighted by Crippen LogP contribution is -2.42. The maximum Gasteiger partial charge on any atom is 0.223 e. The molecule has 15 heavy (non-hydrogen) atoms. The van der Waals surface area contributed by atoms with Crippen LogP contribution >= 0.6 is 0 Å². The summed E-state index contributed by atoms with van der Waals surface area (Å²) in [5.74, 6) is 0.582. The first kappa shape index (κ1) is 12.5. The van der Waals surface area contributed by atoms with Crippen LogP contribution in [0.4, 0.5) is 0 Å². The predicted molar refractivity (Wildman–Crippen MR) is 62.7 cm³/mol. The molecule has 0 bridgehead atoms. The Kier molecular flexibility index (Phi) is 4.58. The lowest BCUT2D eigenvalue weighted by atomic mass is 10.2. The van der Waals surface area contributed by atoms with Gasteiger partial charge in [0.05, 0.1) is 0 Å². The molecule has 0 saturated heterocycles. The van der Waals surface area contributed by atoms with Crippen LogP contribution in [0.15, 0.2) is 0 Å². The van der Waals surface area contributed by atoms with Gasteiger partial charge in [0.2, 0.25) is 5.91 Å². The van der Waals surface area contributed by atoms with Crippen LogP contribution in [0, 0.1) is 5.92 Å². The van der Waals surface area contributed by atoms with E-state index in [0.717, 1.165) is 25.9 Å². The minimum atomic E-state index is 0.252. The van der Waals surface area contributed by atoms with E-state index in [9.17, 15) is 4.79 Å². The number of nitrogens with one attached hydrogen (secondary N) is 1. The zero-order valence-electron chi connectivity index (χ0n) is 10.4. The highest BCUT2D eigenvalue weighted by molar-refractivity contribution is 5.80. The van der Waals surface area contributed by atoms with Crippen LogP contribution in [-0.2, 0) is 4.79 Å². The third-order valence-electron chi connectivity index (χ3n) is 2.94. The Balaban J connectivity index is 2.18. The van der Waals surface area contributed by atoms with Crippen molar-refractivity contribution in [2.24, 2.45) is 5.92 Å². The molecule has 3 nitrogen and oxygen atoms in total. The monoisotopic (exact) mass is 212 g/mol. The molecule has 1 aliphatic rings. The van der Waals surface area contributed by atoms with E-state index in [1.165, 1.54) is 0 Å². The van der Waals surface area contributed by atoms with E-state index in [2.05, 4.69) is 37.9 Å². The Hall–Kier alpha value is -0.570. The number of rotatable bonds is 6. The van der Waals surface area contributed by atoms with Crippen molar-refractivity contribution in [2.75, 3.05) is 13.1 Å². The first-order valence-corrected chi connectivity index (χ1v) is 6.05. The number of hydrogen-bond donors (Lipinski definition) is 1. The van der Waals surface area contributed by atoms with Crippen molar-refractivity contribution in [3.05, 3.63) is 0 Å². The van der Waals surface area contributed by atoms with E-state index in [1.807, 2.05) is 0 Å². The topological polar surface area (TPSA) is 32.3 Å². The SMILES string of the molecule is CC(C)N(CCNC(=O)C1CC1)C(C)C. The van der Waals surface area contributed by atoms with Gasteiger partial charge < -0.3 is 5.32 Å². The average Bonchev–Trinajstić information content (AvgIpc) is 2.93. The van der Waals surface area contributed by atoms with Crippen LogP contribution < -0.4 is 5.32 Å². The summed E-state index contributed by atoms with van der Waals surface area (Å²) < 4.78 is 0. The van der Waals surface area contributed by atoms with E-state index < -0.39 is 0 Å². The highest BCUT2D eigenvalue weighted by atomic mass is 16.2. The largest absolute Gasteiger partial charge is 0.355 e. The molecule has 0 aliphatic heterocycles. The van der Waals surface area contributed by atoms with Crippen molar-refractivity contribution in [3.63, 3.8) is 0 Å². The Labute approximate surface area is 93.2 Å². The second kappa shape index (κ2) is 5.50. The standard InChI is InChI=1S/C12H24N2O/c1-9(2)14(10(3)4)8-7-13-12(15)11-5-6-11/h9-11H,5-8H2,1-4H3,(H,13,15). The molecule has 1 N–H and O–H groups in total. The molecule has 1 aliphatic carbocycles. The molecule has 0 aromatic rings. The molecule has 0 aromatic heterocycles. The molecule has 0 unspecified atom stereocenters. The first-order chi connectivity index (χ1) is 7.02. The van der Waals surface area contributed by atoms with E-state index in [-0.39, 0.29) is 5.91 Å². The number of amides is 1. The Morgan fingerprint density at radius 3 is 2.20 bits per heavy atom. The Morgan fingerprint density at radius 2 is 1.80 bits per heavy atom. The molecule has 1 saturated carbocycles. The quantitative estimate of drug-likeness (QED) is 0.726. The minimum Gasteiger partial charge on any atom is -0.355 e. The summed E-state index contributed by atoms with van der Waals surface area (Å²) in [5, 5.41) is 3.00. The summed E-state index contributed by atoms with van der Waals surface area (Å²) in [5.41, 5.74) is 0. The molecule has 3 heteroatoms. The van der Waals surface area contributed by atoms with Gasteiger partial charge in [-0.2, -0.15) is 0 Å². The third-order valence-corrected chi connectivity index (χ3v) is 2.94. The van der Waals surface area contributed by atoms with Gasteiger partial charge in [0.15, 0.2) is 0 Å². The van der Waals surface area contributed by atoms with Crippen LogP contribution in [0.2, 0.25) is 0 Å². The molecule has 0 spiro atoms. The minimum absolute atomic E-state index is 0.252. The molecule has 88 valence electrons. The van der Waals surface area contributed by atoms with Crippen molar-refractivity contribution in [1.82, 2.24) is 10.2 Å². The van der Waals surface area contributed by atoms with E-state index in [0.29, 0.717) is 18.0 Å². The van der Waals surface area contributed by atoms with Gasteiger partial charge in [0.25, 0.3) is 0 Å². The van der Waals surface area contributed by atoms with Crippen LogP contribution in [0.1, 0.15) is 40.5 Å². The van der Waals surface area contributed by atoms with Gasteiger partial charge in [-0.1, -0.05) is 0 Å². The molecule has 1 amide bonds. The Morgan fingerprint density at radius 1 is 1.27 bits per heavy atom. The van der Waals surface area contributed by atoms with E-state index in [4.69, 9.17) is 0 Å². The van der Waals surface area contributed by atoms with Gasteiger partial charge in [-0.3, -0.25) is 9.69 Å². The lowest BCUT2D eigenvalue weighted by molar-refractivity contribution is -0.122. The summed E-state index contributed by atoms with van der Waals surface area (Å²) in [4.78, 5) is 13.8. The molecular weight excluding hydrogens is 188 g/mol. The Bertz CT molecular complexity index is 202. The van der Waals surface area contributed by atoms with Crippen molar-refractivity contribution in [3.8, 4) is 0 Å². The summed E-state index contributed by atoms with van der Waals surface area (Å²) in [7, 11) is 0. The van der Waals surface area contributed by atoms with Gasteiger partial charge in [0, 0.05) is 31.1 Å². The van der Waals surface area contributed by atoms with Crippen molar-refractivity contribution in [1.29, 1.82) is 0 Å². The fourth-order valence-electron chi connectivity index (χ4n) is 1.91. The highest BCUT2D eigenvalue weighted by Crippen LogP contribution is 2.28. The molecule has 1 rings (SSSR count). The molecule has 0 heterocycles. The average molecular weight is 212 g/mol. The lowest BCUT2D eigenvalue weighted by Gasteiger charge is -2.30. The predicted octanol–water partition coefficient (Wildman–Crippen LogP) is 1.63. The molecule has 0 aromatic carbocycles. The van der Waals surface area contributed by atoms with Crippen molar-refractivity contribution in [2.45, 2.75) is 52.6 Å². The van der Waals surface area contributed by atoms with Gasteiger partial charge in [-0.15, -0.1) is 0 Å². The third kappa shape index (κ3) is 4.20. The van der Waals surface area contributed by atoms with Crippen molar-refractivity contribution < 1.29 is 4.79 Å². The van der Waals surface area contributed by atoms with Gasteiger partial charge in [-0.05, 0) is 40.5 Å². The fourth-order valence-corrected chi connectivity index (χ4v) is 1.91. The summed E-state index contributed by atoms with van der Waals surface area (Å²) in [6.45, 7) is 10.5. The maximum atomic E-state index is 11.4. The van der Waals surface area contributed by atoms with Crippen LogP contribution in [-0.4, -0.2) is 36.0 Å². The summed E-state index contributed by atoms with van der Waals surface area (Å²) >= 11 is 0. The molecular formula is C12H24N2O. The summed E-state index contributed by atoms with van der Waals surface area (Å²) in [6, 6.07) is 1.09. The first-order valence-electron chi connectivity index (χ1n) is 6.05. The van der Waals surface area contributed by atoms with Crippen LogP contribution in [0.5, 0.6) is 0 Å². The molecule has 0 atom stereocenters. The normalized spacial score (nSPS) is 16.5.